The quantitative estimate of drug-likeness (QED) is 0.158. The highest BCUT2D eigenvalue weighted by Gasteiger charge is 2.20. The van der Waals surface area contributed by atoms with Crippen molar-refractivity contribution >= 4 is 54.3 Å². The fourth-order valence-corrected chi connectivity index (χ4v) is 9.04. The summed E-state index contributed by atoms with van der Waals surface area (Å²) in [6, 6.07) is 77.5. The van der Waals surface area contributed by atoms with Crippen LogP contribution >= 0.6 is 0 Å². The third kappa shape index (κ3) is 5.96. The predicted octanol–water partition coefficient (Wildman–Crippen LogP) is 14.8. The van der Waals surface area contributed by atoms with Crippen LogP contribution in [0.3, 0.4) is 0 Å². The number of hydrogen-bond donors (Lipinski definition) is 0. The van der Waals surface area contributed by atoms with Gasteiger partial charge in [-0.25, -0.2) is 15.0 Å². The molecule has 0 amide bonds. The van der Waals surface area contributed by atoms with Crippen LogP contribution in [-0.2, 0) is 0 Å². The summed E-state index contributed by atoms with van der Waals surface area (Å²) in [5, 5.41) is 8.23. The molecule has 0 fully saturated rings. The minimum atomic E-state index is 0.710. The van der Waals surface area contributed by atoms with Crippen LogP contribution in [0.15, 0.2) is 218 Å². The number of benzene rings is 9. The zero-order valence-corrected chi connectivity index (χ0v) is 33.1. The third-order valence-corrected chi connectivity index (χ3v) is 11.9. The van der Waals surface area contributed by atoms with E-state index < -0.39 is 0 Å². The van der Waals surface area contributed by atoms with E-state index in [9.17, 15) is 0 Å². The van der Waals surface area contributed by atoms with Gasteiger partial charge in [-0.1, -0.05) is 170 Å². The first-order valence-corrected chi connectivity index (χ1v) is 20.7. The zero-order chi connectivity index (χ0) is 40.3. The number of aromatic nitrogens is 4. The fourth-order valence-electron chi connectivity index (χ4n) is 9.04. The Morgan fingerprint density at radius 3 is 1.66 bits per heavy atom. The van der Waals surface area contributed by atoms with Gasteiger partial charge in [-0.05, 0) is 70.4 Å². The van der Waals surface area contributed by atoms with Crippen molar-refractivity contribution in [1.29, 1.82) is 0 Å². The summed E-state index contributed by atoms with van der Waals surface area (Å²) in [5.41, 5.74) is 13.8. The number of nitrogens with zero attached hydrogens (tertiary/aromatic N) is 4. The molecule has 9 aromatic carbocycles. The van der Waals surface area contributed by atoms with Crippen molar-refractivity contribution < 1.29 is 0 Å². The number of pyridine rings is 1. The number of hydrogen-bond acceptors (Lipinski definition) is 3. The van der Waals surface area contributed by atoms with E-state index in [-0.39, 0.29) is 0 Å². The third-order valence-electron chi connectivity index (χ3n) is 11.9. The van der Waals surface area contributed by atoms with Crippen LogP contribution in [0.2, 0.25) is 0 Å². The highest BCUT2D eigenvalue weighted by atomic mass is 15.0. The Morgan fingerprint density at radius 1 is 0.328 bits per heavy atom. The summed E-state index contributed by atoms with van der Waals surface area (Å²) >= 11 is 0. The highest BCUT2D eigenvalue weighted by Crippen LogP contribution is 2.43. The van der Waals surface area contributed by atoms with E-state index in [1.165, 1.54) is 27.1 Å². The molecule has 0 aliphatic carbocycles. The molecular weight excluding hydrogens is 741 g/mol. The van der Waals surface area contributed by atoms with E-state index in [2.05, 4.69) is 199 Å². The summed E-state index contributed by atoms with van der Waals surface area (Å²) < 4.78 is 2.44. The van der Waals surface area contributed by atoms with Gasteiger partial charge >= 0.3 is 0 Å². The number of rotatable bonds is 6. The van der Waals surface area contributed by atoms with Gasteiger partial charge < -0.3 is 4.57 Å². The van der Waals surface area contributed by atoms with Gasteiger partial charge in [0.1, 0.15) is 0 Å². The molecule has 3 aromatic heterocycles. The van der Waals surface area contributed by atoms with Crippen LogP contribution in [0.25, 0.3) is 116 Å². The van der Waals surface area contributed by atoms with Crippen LogP contribution < -0.4 is 0 Å². The second-order valence-corrected chi connectivity index (χ2v) is 15.6. The van der Waals surface area contributed by atoms with Crippen molar-refractivity contribution in [3.05, 3.63) is 218 Å². The summed E-state index contributed by atoms with van der Waals surface area (Å²) in [6.45, 7) is 0. The summed E-state index contributed by atoms with van der Waals surface area (Å²) in [6.07, 6.45) is 0. The van der Waals surface area contributed by atoms with Crippen molar-refractivity contribution in [2.45, 2.75) is 0 Å². The van der Waals surface area contributed by atoms with E-state index in [0.717, 1.165) is 83.3 Å². The molecule has 61 heavy (non-hydrogen) atoms. The second-order valence-electron chi connectivity index (χ2n) is 15.6. The monoisotopic (exact) mass is 776 g/mol. The van der Waals surface area contributed by atoms with Gasteiger partial charge in [-0.3, -0.25) is 0 Å². The Balaban J connectivity index is 1.05. The number of fused-ring (bicyclic) bond motifs is 8. The first-order chi connectivity index (χ1) is 30.2. The Bertz CT molecular complexity index is 3560. The topological polar surface area (TPSA) is 43.6 Å². The molecule has 0 saturated heterocycles. The zero-order valence-electron chi connectivity index (χ0n) is 33.1. The number of para-hydroxylation sites is 2. The molecule has 0 radical (unpaired) electrons. The SMILES string of the molecule is c1ccc(-c2cc(-c3ccc4ccc(-c5ccc6c(c5)c5ccc7c(-c8ccccc8)nc8ccccc8c7c5n6-c5ccccc5)cc4c3)nc(-c3ccccc3)n2)cc1. The smallest absolute Gasteiger partial charge is 0.160 e. The van der Waals surface area contributed by atoms with Crippen molar-refractivity contribution in [3.63, 3.8) is 0 Å². The first-order valence-electron chi connectivity index (χ1n) is 20.7. The molecule has 284 valence electrons. The average Bonchev–Trinajstić information content (AvgIpc) is 3.68. The average molecular weight is 777 g/mol. The van der Waals surface area contributed by atoms with Crippen LogP contribution in [-0.4, -0.2) is 19.5 Å². The standard InChI is InChI=1S/C57H36N4/c1-5-15-38(16-6-1)51-36-52(60-57(59-51)40-19-9-3-10-20-40)43-28-26-37-25-27-41(33-44(37)34-43)42-29-32-53-49(35-42)46-30-31-48-54(56(46)61(53)45-21-11-4-12-22-45)47-23-13-14-24-50(47)58-55(48)39-17-7-2-8-18-39/h1-36H. The van der Waals surface area contributed by atoms with Gasteiger partial charge in [0, 0.05) is 54.9 Å². The van der Waals surface area contributed by atoms with Crippen LogP contribution in [0.1, 0.15) is 0 Å². The Kier molecular flexibility index (Phi) is 8.13. The lowest BCUT2D eigenvalue weighted by molar-refractivity contribution is 1.18. The van der Waals surface area contributed by atoms with Crippen LogP contribution in [0.4, 0.5) is 0 Å². The second kappa shape index (κ2) is 14.3. The van der Waals surface area contributed by atoms with Gasteiger partial charge in [0.2, 0.25) is 0 Å². The molecule has 12 rings (SSSR count). The molecule has 0 atom stereocenters. The predicted molar refractivity (Wildman–Crippen MR) is 254 cm³/mol. The Morgan fingerprint density at radius 2 is 0.902 bits per heavy atom. The first kappa shape index (κ1) is 34.8. The molecule has 0 aliphatic rings. The fraction of sp³-hybridized carbons (Fsp3) is 0. The van der Waals surface area contributed by atoms with E-state index in [4.69, 9.17) is 15.0 Å². The molecule has 0 aliphatic heterocycles. The highest BCUT2D eigenvalue weighted by molar-refractivity contribution is 6.27. The van der Waals surface area contributed by atoms with Gasteiger partial charge in [0.05, 0.1) is 33.6 Å². The van der Waals surface area contributed by atoms with Crippen molar-refractivity contribution in [3.8, 4) is 62.0 Å². The maximum absolute atomic E-state index is 5.26. The lowest BCUT2D eigenvalue weighted by atomic mass is 9.96. The van der Waals surface area contributed by atoms with Gasteiger partial charge in [0.15, 0.2) is 5.82 Å². The molecule has 0 N–H and O–H groups in total. The van der Waals surface area contributed by atoms with E-state index in [1.807, 2.05) is 24.3 Å². The molecule has 0 saturated carbocycles. The Hall–Kier alpha value is -8.21. The lowest BCUT2D eigenvalue weighted by Gasteiger charge is -2.14. The molecular formula is C57H36N4. The normalized spacial score (nSPS) is 11.6. The van der Waals surface area contributed by atoms with E-state index >= 15 is 0 Å². The van der Waals surface area contributed by atoms with Gasteiger partial charge in [-0.2, -0.15) is 0 Å². The summed E-state index contributed by atoms with van der Waals surface area (Å²) in [7, 11) is 0. The lowest BCUT2D eigenvalue weighted by Crippen LogP contribution is -1.96. The molecule has 4 nitrogen and oxygen atoms in total. The molecule has 3 heterocycles. The molecule has 0 spiro atoms. The minimum absolute atomic E-state index is 0.710. The largest absolute Gasteiger partial charge is 0.309 e. The minimum Gasteiger partial charge on any atom is -0.309 e. The summed E-state index contributed by atoms with van der Waals surface area (Å²) in [5.74, 6) is 0.710. The van der Waals surface area contributed by atoms with E-state index in [0.29, 0.717) is 5.82 Å². The van der Waals surface area contributed by atoms with Gasteiger partial charge in [-0.15, -0.1) is 0 Å². The van der Waals surface area contributed by atoms with Crippen molar-refractivity contribution in [2.24, 2.45) is 0 Å². The van der Waals surface area contributed by atoms with Crippen LogP contribution in [0.5, 0.6) is 0 Å². The molecule has 0 bridgehead atoms. The molecule has 4 heteroatoms. The maximum atomic E-state index is 5.26. The van der Waals surface area contributed by atoms with E-state index in [1.54, 1.807) is 0 Å². The van der Waals surface area contributed by atoms with Gasteiger partial charge in [0.25, 0.3) is 0 Å². The molecule has 0 unspecified atom stereocenters. The van der Waals surface area contributed by atoms with Crippen molar-refractivity contribution in [2.75, 3.05) is 0 Å². The Labute approximate surface area is 352 Å². The molecule has 12 aromatic rings. The van der Waals surface area contributed by atoms with Crippen molar-refractivity contribution in [1.82, 2.24) is 19.5 Å². The van der Waals surface area contributed by atoms with Crippen LogP contribution in [0, 0.1) is 0 Å². The summed E-state index contributed by atoms with van der Waals surface area (Å²) in [4.78, 5) is 15.4. The maximum Gasteiger partial charge on any atom is 0.160 e.